The van der Waals surface area contributed by atoms with E-state index in [2.05, 4.69) is 13.8 Å². The van der Waals surface area contributed by atoms with Gasteiger partial charge in [0.05, 0.1) is 19.3 Å². The van der Waals surface area contributed by atoms with Crippen LogP contribution in [0, 0.1) is 0 Å². The zero-order chi connectivity index (χ0) is 12.5. The molecule has 0 saturated heterocycles. The quantitative estimate of drug-likeness (QED) is 0.509. The van der Waals surface area contributed by atoms with E-state index in [4.69, 9.17) is 9.15 Å². The van der Waals surface area contributed by atoms with Crippen LogP contribution in [-0.2, 0) is 9.53 Å². The Morgan fingerprint density at radius 3 is 2.82 bits per heavy atom. The topological polar surface area (TPSA) is 39.4 Å². The van der Waals surface area contributed by atoms with E-state index in [0.29, 0.717) is 13.0 Å². The van der Waals surface area contributed by atoms with Gasteiger partial charge in [-0.2, -0.15) is 0 Å². The third-order valence-electron chi connectivity index (χ3n) is 2.76. The Bertz CT molecular complexity index is 303. The normalized spacial score (nSPS) is 12.4. The van der Waals surface area contributed by atoms with Gasteiger partial charge in [0.15, 0.2) is 0 Å². The van der Waals surface area contributed by atoms with Crippen molar-refractivity contribution in [3.05, 3.63) is 24.2 Å². The molecule has 1 rings (SSSR count). The molecule has 0 aliphatic rings. The molecule has 0 bridgehead atoms. The smallest absolute Gasteiger partial charge is 0.306 e. The summed E-state index contributed by atoms with van der Waals surface area (Å²) >= 11 is 0. The molecule has 1 aromatic heterocycles. The van der Waals surface area contributed by atoms with Crippen molar-refractivity contribution < 1.29 is 13.9 Å². The van der Waals surface area contributed by atoms with Gasteiger partial charge < -0.3 is 9.15 Å². The molecule has 0 N–H and O–H groups in total. The maximum Gasteiger partial charge on any atom is 0.306 e. The highest BCUT2D eigenvalue weighted by atomic mass is 16.5. The molecule has 1 heterocycles. The predicted molar refractivity (Wildman–Crippen MR) is 66.8 cm³/mol. The summed E-state index contributed by atoms with van der Waals surface area (Å²) in [6.07, 6.45) is 6.05. The highest BCUT2D eigenvalue weighted by Gasteiger charge is 2.18. The first kappa shape index (κ1) is 13.8. The molecule has 3 heteroatoms. The highest BCUT2D eigenvalue weighted by Crippen LogP contribution is 2.25. The summed E-state index contributed by atoms with van der Waals surface area (Å²) in [4.78, 5) is 11.6. The van der Waals surface area contributed by atoms with Gasteiger partial charge in [-0.1, -0.05) is 26.7 Å². The fourth-order valence-electron chi connectivity index (χ4n) is 1.81. The van der Waals surface area contributed by atoms with E-state index in [1.165, 1.54) is 0 Å². The number of hydrogen-bond acceptors (Lipinski definition) is 3. The first-order valence-corrected chi connectivity index (χ1v) is 6.47. The fraction of sp³-hybridized carbons (Fsp3) is 0.643. The molecule has 17 heavy (non-hydrogen) atoms. The number of furan rings is 1. The van der Waals surface area contributed by atoms with Gasteiger partial charge in [0, 0.05) is 5.92 Å². The average molecular weight is 238 g/mol. The van der Waals surface area contributed by atoms with E-state index >= 15 is 0 Å². The van der Waals surface area contributed by atoms with Crippen LogP contribution in [-0.4, -0.2) is 12.6 Å². The maximum atomic E-state index is 11.6. The lowest BCUT2D eigenvalue weighted by Crippen LogP contribution is -2.11. The van der Waals surface area contributed by atoms with Gasteiger partial charge in [0.2, 0.25) is 0 Å². The van der Waals surface area contributed by atoms with Gasteiger partial charge in [-0.25, -0.2) is 0 Å². The minimum Gasteiger partial charge on any atom is -0.469 e. The zero-order valence-corrected chi connectivity index (χ0v) is 10.8. The van der Waals surface area contributed by atoms with Crippen molar-refractivity contribution in [2.75, 3.05) is 6.61 Å². The third-order valence-corrected chi connectivity index (χ3v) is 2.76. The summed E-state index contributed by atoms with van der Waals surface area (Å²) in [7, 11) is 0. The molecular weight excluding hydrogens is 216 g/mol. The molecule has 0 radical (unpaired) electrons. The number of carbonyl (C=O) groups excluding carboxylic acids is 1. The van der Waals surface area contributed by atoms with E-state index in [1.807, 2.05) is 12.1 Å². The number of esters is 1. The van der Waals surface area contributed by atoms with Crippen LogP contribution in [0.15, 0.2) is 22.8 Å². The largest absolute Gasteiger partial charge is 0.469 e. The second-order valence-corrected chi connectivity index (χ2v) is 4.28. The van der Waals surface area contributed by atoms with Crippen molar-refractivity contribution in [1.82, 2.24) is 0 Å². The summed E-state index contributed by atoms with van der Waals surface area (Å²) in [5.74, 6) is 0.928. The van der Waals surface area contributed by atoms with E-state index in [9.17, 15) is 4.79 Å². The molecule has 0 fully saturated rings. The zero-order valence-electron chi connectivity index (χ0n) is 10.8. The summed E-state index contributed by atoms with van der Waals surface area (Å²) in [6.45, 7) is 4.72. The van der Waals surface area contributed by atoms with Crippen LogP contribution in [0.1, 0.15) is 57.6 Å². The summed E-state index contributed by atoms with van der Waals surface area (Å²) in [6, 6.07) is 3.79. The Balaban J connectivity index is 2.41. The lowest BCUT2D eigenvalue weighted by molar-refractivity contribution is -0.144. The molecule has 3 nitrogen and oxygen atoms in total. The van der Waals surface area contributed by atoms with Crippen molar-refractivity contribution >= 4 is 5.97 Å². The Morgan fingerprint density at radius 2 is 2.24 bits per heavy atom. The SMILES string of the molecule is CCCCOC(=O)CC(CCC)c1ccco1. The van der Waals surface area contributed by atoms with Gasteiger partial charge in [-0.05, 0) is 25.0 Å². The van der Waals surface area contributed by atoms with Gasteiger partial charge in [0.1, 0.15) is 5.76 Å². The lowest BCUT2D eigenvalue weighted by Gasteiger charge is -2.12. The first-order valence-electron chi connectivity index (χ1n) is 6.47. The minimum absolute atomic E-state index is 0.117. The number of hydrogen-bond donors (Lipinski definition) is 0. The summed E-state index contributed by atoms with van der Waals surface area (Å²) < 4.78 is 10.5. The van der Waals surface area contributed by atoms with Crippen molar-refractivity contribution in [2.24, 2.45) is 0 Å². The number of unbranched alkanes of at least 4 members (excludes halogenated alkanes) is 1. The molecule has 0 amide bonds. The second kappa shape index (κ2) is 7.93. The van der Waals surface area contributed by atoms with Crippen LogP contribution >= 0.6 is 0 Å². The Labute approximate surface area is 103 Å². The second-order valence-electron chi connectivity index (χ2n) is 4.28. The third kappa shape index (κ3) is 5.07. The molecule has 0 aromatic carbocycles. The summed E-state index contributed by atoms with van der Waals surface area (Å²) in [5, 5.41) is 0. The minimum atomic E-state index is -0.117. The van der Waals surface area contributed by atoms with E-state index in [1.54, 1.807) is 6.26 Å². The average Bonchev–Trinajstić information content (AvgIpc) is 2.82. The predicted octanol–water partition coefficient (Wildman–Crippen LogP) is 3.90. The van der Waals surface area contributed by atoms with E-state index < -0.39 is 0 Å². The monoisotopic (exact) mass is 238 g/mol. The van der Waals surface area contributed by atoms with Crippen LogP contribution in [0.4, 0.5) is 0 Å². The molecule has 1 unspecified atom stereocenters. The molecule has 0 aliphatic carbocycles. The highest BCUT2D eigenvalue weighted by molar-refractivity contribution is 5.70. The van der Waals surface area contributed by atoms with Crippen molar-refractivity contribution in [1.29, 1.82) is 0 Å². The van der Waals surface area contributed by atoms with Crippen LogP contribution in [0.2, 0.25) is 0 Å². The van der Waals surface area contributed by atoms with Gasteiger partial charge >= 0.3 is 5.97 Å². The Hall–Kier alpha value is -1.25. The molecule has 0 aliphatic heterocycles. The molecule has 0 saturated carbocycles. The number of ether oxygens (including phenoxy) is 1. The molecule has 1 aromatic rings. The molecular formula is C14H22O3. The summed E-state index contributed by atoms with van der Waals surface area (Å²) in [5.41, 5.74) is 0. The van der Waals surface area contributed by atoms with Gasteiger partial charge in [0.25, 0.3) is 0 Å². The van der Waals surface area contributed by atoms with Crippen LogP contribution < -0.4 is 0 Å². The number of rotatable bonds is 8. The van der Waals surface area contributed by atoms with Crippen molar-refractivity contribution in [3.8, 4) is 0 Å². The van der Waals surface area contributed by atoms with Gasteiger partial charge in [-0.3, -0.25) is 4.79 Å². The van der Waals surface area contributed by atoms with Crippen LogP contribution in [0.3, 0.4) is 0 Å². The van der Waals surface area contributed by atoms with E-state index in [-0.39, 0.29) is 11.9 Å². The van der Waals surface area contributed by atoms with E-state index in [0.717, 1.165) is 31.4 Å². The van der Waals surface area contributed by atoms with Crippen molar-refractivity contribution in [2.45, 2.75) is 51.9 Å². The van der Waals surface area contributed by atoms with Crippen LogP contribution in [0.25, 0.3) is 0 Å². The Morgan fingerprint density at radius 1 is 1.41 bits per heavy atom. The van der Waals surface area contributed by atoms with Crippen molar-refractivity contribution in [3.63, 3.8) is 0 Å². The maximum absolute atomic E-state index is 11.6. The first-order chi connectivity index (χ1) is 8.27. The fourth-order valence-corrected chi connectivity index (χ4v) is 1.81. The lowest BCUT2D eigenvalue weighted by atomic mass is 9.97. The van der Waals surface area contributed by atoms with Crippen LogP contribution in [0.5, 0.6) is 0 Å². The standard InChI is InChI=1S/C14H22O3/c1-3-5-9-17-14(15)11-12(7-4-2)13-8-6-10-16-13/h6,8,10,12H,3-5,7,9,11H2,1-2H3. The molecule has 96 valence electrons. The molecule has 0 spiro atoms. The van der Waals surface area contributed by atoms with Gasteiger partial charge in [-0.15, -0.1) is 0 Å². The molecule has 1 atom stereocenters. The Kier molecular flexibility index (Phi) is 6.45. The number of carbonyl (C=O) groups is 1.